The summed E-state index contributed by atoms with van der Waals surface area (Å²) in [6.07, 6.45) is 8.97. The van der Waals surface area contributed by atoms with Crippen LogP contribution >= 0.6 is 0 Å². The van der Waals surface area contributed by atoms with Gasteiger partial charge < -0.3 is 5.11 Å². The molecule has 0 atom stereocenters. The van der Waals surface area contributed by atoms with Gasteiger partial charge >= 0.3 is 0 Å². The molecule has 0 aliphatic carbocycles. The highest BCUT2D eigenvalue weighted by Crippen LogP contribution is 2.14. The topological polar surface area (TPSA) is 37.3 Å². The Bertz CT molecular complexity index is 885. The van der Waals surface area contributed by atoms with Gasteiger partial charge in [-0.3, -0.25) is 4.79 Å². The number of carbonyl (C=O) groups is 1. The van der Waals surface area contributed by atoms with E-state index in [0.29, 0.717) is 5.56 Å². The summed E-state index contributed by atoms with van der Waals surface area (Å²) in [5.41, 5.74) is 5.01. The molecule has 2 heteroatoms. The Balaban J connectivity index is 0.000000989. The second kappa shape index (κ2) is 13.7. The number of aldehydes is 1. The molecule has 3 rings (SSSR count). The first-order chi connectivity index (χ1) is 14.2. The van der Waals surface area contributed by atoms with Gasteiger partial charge in [-0.15, -0.1) is 0 Å². The monoisotopic (exact) mass is 386 g/mol. The Hall–Kier alpha value is -3.39. The van der Waals surface area contributed by atoms with Crippen LogP contribution in [0.2, 0.25) is 0 Å². The minimum absolute atomic E-state index is 0.272. The molecular formula is C27H30O2. The predicted octanol–water partition coefficient (Wildman–Crippen LogP) is 7.60. The van der Waals surface area contributed by atoms with E-state index in [4.69, 9.17) is 0 Å². The average molecular weight is 387 g/mol. The van der Waals surface area contributed by atoms with Crippen LogP contribution in [0.15, 0.2) is 72.8 Å². The standard InChI is InChI=1S/C23H18O2.2C2H6/c24-17-22-11-9-20(10-12-22)6-5-18-1-3-19(4-2-18)7-8-21-13-15-23(25)16-14-21;2*1-2/h1-17,25H;2*1-2H3/b6-5+,8-7+;;. The van der Waals surface area contributed by atoms with E-state index in [1.54, 1.807) is 12.1 Å². The lowest BCUT2D eigenvalue weighted by Gasteiger charge is -1.98. The van der Waals surface area contributed by atoms with Gasteiger partial charge in [0, 0.05) is 5.56 Å². The molecule has 0 unspecified atom stereocenters. The highest BCUT2D eigenvalue weighted by molar-refractivity contribution is 5.77. The number of benzene rings is 3. The second-order valence-electron chi connectivity index (χ2n) is 5.71. The van der Waals surface area contributed by atoms with E-state index in [1.165, 1.54) is 0 Å². The van der Waals surface area contributed by atoms with Crippen molar-refractivity contribution in [1.82, 2.24) is 0 Å². The highest BCUT2D eigenvalue weighted by Gasteiger charge is 1.92. The van der Waals surface area contributed by atoms with Crippen LogP contribution in [-0.2, 0) is 0 Å². The van der Waals surface area contributed by atoms with Crippen molar-refractivity contribution >= 4 is 30.6 Å². The summed E-state index contributed by atoms with van der Waals surface area (Å²) in [6.45, 7) is 8.00. The van der Waals surface area contributed by atoms with Crippen LogP contribution in [0.5, 0.6) is 5.75 Å². The summed E-state index contributed by atoms with van der Waals surface area (Å²) in [4.78, 5) is 10.7. The molecule has 29 heavy (non-hydrogen) atoms. The number of phenolic OH excluding ortho intramolecular Hbond substituents is 1. The van der Waals surface area contributed by atoms with Gasteiger partial charge in [0.25, 0.3) is 0 Å². The Kier molecular flexibility index (Phi) is 11.2. The van der Waals surface area contributed by atoms with E-state index >= 15 is 0 Å². The first-order valence-corrected chi connectivity index (χ1v) is 10.0. The molecule has 0 heterocycles. The zero-order valence-corrected chi connectivity index (χ0v) is 17.7. The normalized spacial score (nSPS) is 10.1. The molecule has 0 saturated heterocycles. The van der Waals surface area contributed by atoms with Crippen LogP contribution in [0.4, 0.5) is 0 Å². The zero-order chi connectivity index (χ0) is 21.5. The van der Waals surface area contributed by atoms with Crippen molar-refractivity contribution in [3.05, 3.63) is 101 Å². The Morgan fingerprint density at radius 1 is 0.483 bits per heavy atom. The van der Waals surface area contributed by atoms with Gasteiger partial charge in [-0.2, -0.15) is 0 Å². The zero-order valence-electron chi connectivity index (χ0n) is 17.7. The maximum atomic E-state index is 10.7. The van der Waals surface area contributed by atoms with Crippen molar-refractivity contribution in [2.45, 2.75) is 27.7 Å². The van der Waals surface area contributed by atoms with Gasteiger partial charge in [0.15, 0.2) is 0 Å². The molecule has 0 saturated carbocycles. The van der Waals surface area contributed by atoms with Crippen molar-refractivity contribution < 1.29 is 9.90 Å². The summed E-state index contributed by atoms with van der Waals surface area (Å²) < 4.78 is 0. The summed E-state index contributed by atoms with van der Waals surface area (Å²) >= 11 is 0. The molecule has 150 valence electrons. The lowest BCUT2D eigenvalue weighted by atomic mass is 10.1. The predicted molar refractivity (Wildman–Crippen MR) is 127 cm³/mol. The van der Waals surface area contributed by atoms with Crippen molar-refractivity contribution in [3.63, 3.8) is 0 Å². The lowest BCUT2D eigenvalue weighted by molar-refractivity contribution is 0.112. The number of phenols is 1. The van der Waals surface area contributed by atoms with Crippen LogP contribution in [-0.4, -0.2) is 11.4 Å². The van der Waals surface area contributed by atoms with Crippen molar-refractivity contribution in [2.75, 3.05) is 0 Å². The number of aromatic hydroxyl groups is 1. The van der Waals surface area contributed by atoms with Gasteiger partial charge in [-0.05, 0) is 34.4 Å². The highest BCUT2D eigenvalue weighted by atomic mass is 16.3. The van der Waals surface area contributed by atoms with Crippen LogP contribution in [0.3, 0.4) is 0 Å². The molecule has 0 bridgehead atoms. The quantitative estimate of drug-likeness (QED) is 0.362. The summed E-state index contributed by atoms with van der Waals surface area (Å²) in [6, 6.07) is 22.8. The molecule has 0 aliphatic rings. The fourth-order valence-corrected chi connectivity index (χ4v) is 2.37. The number of rotatable bonds is 5. The molecule has 0 aliphatic heterocycles. The Morgan fingerprint density at radius 2 is 0.724 bits per heavy atom. The van der Waals surface area contributed by atoms with Gasteiger partial charge in [-0.1, -0.05) is 113 Å². The molecule has 0 fully saturated rings. The minimum Gasteiger partial charge on any atom is -0.508 e. The van der Waals surface area contributed by atoms with E-state index in [-0.39, 0.29) is 5.75 Å². The van der Waals surface area contributed by atoms with Crippen LogP contribution < -0.4 is 0 Å². The molecule has 0 radical (unpaired) electrons. The molecule has 0 spiro atoms. The van der Waals surface area contributed by atoms with Crippen molar-refractivity contribution in [2.24, 2.45) is 0 Å². The third-order valence-corrected chi connectivity index (χ3v) is 3.84. The minimum atomic E-state index is 0.272. The number of hydrogen-bond donors (Lipinski definition) is 1. The largest absolute Gasteiger partial charge is 0.508 e. The van der Waals surface area contributed by atoms with Gasteiger partial charge in [0.1, 0.15) is 12.0 Å². The third-order valence-electron chi connectivity index (χ3n) is 3.84. The average Bonchev–Trinajstić information content (AvgIpc) is 2.81. The maximum Gasteiger partial charge on any atom is 0.150 e. The van der Waals surface area contributed by atoms with E-state index < -0.39 is 0 Å². The van der Waals surface area contributed by atoms with Gasteiger partial charge in [0.05, 0.1) is 0 Å². The fraction of sp³-hybridized carbons (Fsp3) is 0.148. The van der Waals surface area contributed by atoms with E-state index in [2.05, 4.69) is 24.3 Å². The van der Waals surface area contributed by atoms with Crippen LogP contribution in [0.1, 0.15) is 60.3 Å². The Morgan fingerprint density at radius 3 is 1.00 bits per heavy atom. The smallest absolute Gasteiger partial charge is 0.150 e. The molecule has 0 amide bonds. The summed E-state index contributed by atoms with van der Waals surface area (Å²) in [7, 11) is 0. The van der Waals surface area contributed by atoms with Crippen LogP contribution in [0.25, 0.3) is 24.3 Å². The van der Waals surface area contributed by atoms with Gasteiger partial charge in [-0.25, -0.2) is 0 Å². The first-order valence-electron chi connectivity index (χ1n) is 10.0. The number of carbonyl (C=O) groups excluding carboxylic acids is 1. The second-order valence-corrected chi connectivity index (χ2v) is 5.71. The van der Waals surface area contributed by atoms with Crippen molar-refractivity contribution in [3.8, 4) is 5.75 Å². The molecule has 3 aromatic rings. The Labute approximate surface area is 174 Å². The molecule has 2 nitrogen and oxygen atoms in total. The molecule has 0 aromatic heterocycles. The van der Waals surface area contributed by atoms with Crippen molar-refractivity contribution in [1.29, 1.82) is 0 Å². The number of hydrogen-bond acceptors (Lipinski definition) is 2. The summed E-state index contributed by atoms with van der Waals surface area (Å²) in [5, 5.41) is 9.29. The van der Waals surface area contributed by atoms with E-state index in [1.807, 2.05) is 88.4 Å². The summed E-state index contributed by atoms with van der Waals surface area (Å²) in [5.74, 6) is 0.272. The van der Waals surface area contributed by atoms with Crippen LogP contribution in [0, 0.1) is 0 Å². The molecule has 3 aromatic carbocycles. The fourth-order valence-electron chi connectivity index (χ4n) is 2.37. The first kappa shape index (κ1) is 23.6. The molecule has 1 N–H and O–H groups in total. The lowest BCUT2D eigenvalue weighted by Crippen LogP contribution is -1.79. The van der Waals surface area contributed by atoms with E-state index in [9.17, 15) is 9.90 Å². The third kappa shape index (κ3) is 8.44. The SMILES string of the molecule is CC.CC.O=Cc1ccc(/C=C/c2ccc(/C=C/c3ccc(O)cc3)cc2)cc1. The molecular weight excluding hydrogens is 356 g/mol. The van der Waals surface area contributed by atoms with Gasteiger partial charge in [0.2, 0.25) is 0 Å². The van der Waals surface area contributed by atoms with E-state index in [0.717, 1.165) is 28.5 Å². The maximum absolute atomic E-state index is 10.7.